The second-order valence-electron chi connectivity index (χ2n) is 0.582. The van der Waals surface area contributed by atoms with E-state index in [9.17, 15) is 4.79 Å². The molecule has 1 rings (SSSR count). The second-order valence-corrected chi connectivity index (χ2v) is 1.25. The van der Waals surface area contributed by atoms with E-state index in [0.717, 1.165) is 0 Å². The van der Waals surface area contributed by atoms with E-state index in [1.165, 1.54) is 0 Å². The Kier molecular flexibility index (Phi) is 1.95. The van der Waals surface area contributed by atoms with Gasteiger partial charge in [0.05, 0.1) is 0 Å². The van der Waals surface area contributed by atoms with E-state index in [0.29, 0.717) is 0 Å². The van der Waals surface area contributed by atoms with Gasteiger partial charge >= 0.3 is 22.0 Å². The van der Waals surface area contributed by atoms with Crippen molar-refractivity contribution in [2.24, 2.45) is 0 Å². The van der Waals surface area contributed by atoms with Gasteiger partial charge in [-0.2, -0.15) is 0 Å². The number of rotatable bonds is 0. The first-order chi connectivity index (χ1) is 2.39. The molecule has 0 aromatic heterocycles. The summed E-state index contributed by atoms with van der Waals surface area (Å²) in [5.74, 6) is 0. The zero-order chi connectivity index (χ0) is 3.70. The predicted octanol–water partition coefficient (Wildman–Crippen LogP) is -1.14. The summed E-state index contributed by atoms with van der Waals surface area (Å²) < 4.78 is 8.31. The fraction of sp³-hybridized carbons (Fsp3) is 0. The van der Waals surface area contributed by atoms with Crippen LogP contribution in [-0.4, -0.2) is 27.5 Å². The van der Waals surface area contributed by atoms with Crippen LogP contribution in [0.15, 0.2) is 0 Å². The average molecular weight is 105 g/mol. The Bertz CT molecular complexity index is 54.6. The van der Waals surface area contributed by atoms with E-state index in [1.54, 1.807) is 0 Å². The SMILES string of the molecule is O.O=C1[O][Al][O]1. The third-order valence-corrected chi connectivity index (χ3v) is 0.866. The highest BCUT2D eigenvalue weighted by Gasteiger charge is 2.22. The van der Waals surface area contributed by atoms with Gasteiger partial charge in [0.15, 0.2) is 0 Å². The Labute approximate surface area is 40.7 Å². The molecule has 0 aromatic carbocycles. The molecule has 1 saturated heterocycles. The highest BCUT2D eigenvalue weighted by Crippen LogP contribution is 1.90. The van der Waals surface area contributed by atoms with Crippen LogP contribution >= 0.6 is 0 Å². The third-order valence-electron chi connectivity index (χ3n) is 0.289. The van der Waals surface area contributed by atoms with Crippen molar-refractivity contribution < 1.29 is 17.8 Å². The van der Waals surface area contributed by atoms with E-state index in [4.69, 9.17) is 0 Å². The molecule has 1 fully saturated rings. The lowest BCUT2D eigenvalue weighted by atomic mass is 11.4. The first-order valence-electron chi connectivity index (χ1n) is 1.08. The van der Waals surface area contributed by atoms with Gasteiger partial charge in [-0.1, -0.05) is 0 Å². The average Bonchev–Trinajstić information content (AvgIpc) is 1.30. The quantitative estimate of drug-likeness (QED) is 0.366. The molecule has 0 aromatic rings. The predicted molar refractivity (Wildman–Crippen MR) is 16.9 cm³/mol. The van der Waals surface area contributed by atoms with Crippen LogP contribution in [0.25, 0.3) is 0 Å². The van der Waals surface area contributed by atoms with Crippen molar-refractivity contribution in [2.75, 3.05) is 0 Å². The van der Waals surface area contributed by atoms with Crippen LogP contribution in [-0.2, 0) is 7.58 Å². The Hall–Kier alpha value is -0.238. The summed E-state index contributed by atoms with van der Waals surface area (Å²) in [6, 6.07) is 0. The molecular weight excluding hydrogens is 103 g/mol. The zero-order valence-corrected chi connectivity index (χ0v) is 3.96. The number of hydrogen-bond donors (Lipinski definition) is 0. The molecule has 1 aliphatic heterocycles. The summed E-state index contributed by atoms with van der Waals surface area (Å²) in [6.45, 7) is 0. The topological polar surface area (TPSA) is 67.0 Å². The van der Waals surface area contributed by atoms with E-state index in [2.05, 4.69) is 7.58 Å². The molecule has 6 heavy (non-hydrogen) atoms. The molecule has 0 saturated carbocycles. The molecule has 0 spiro atoms. The van der Waals surface area contributed by atoms with Gasteiger partial charge in [-0.15, -0.1) is 0 Å². The Balaban J connectivity index is 0.000000250. The van der Waals surface area contributed by atoms with E-state index >= 15 is 0 Å². The van der Waals surface area contributed by atoms with E-state index in [-0.39, 0.29) is 5.48 Å². The fourth-order valence-corrected chi connectivity index (χ4v) is 0.262. The highest BCUT2D eigenvalue weighted by molar-refractivity contribution is 6.31. The Morgan fingerprint density at radius 3 is 1.83 bits per heavy atom. The standard InChI is InChI=1S/CH2O3.Al.H2O/c2-1(3)4;;/h(H2,2,3,4);;1H2/q;+2;/p-2. The monoisotopic (exact) mass is 105 g/mol. The smallest absolute Gasteiger partial charge is 0.559 e. The molecule has 5 heteroatoms. The molecule has 0 amide bonds. The zero-order valence-electron chi connectivity index (χ0n) is 2.80. The van der Waals surface area contributed by atoms with Gasteiger partial charge < -0.3 is 13.1 Å². The molecule has 1 radical (unpaired) electrons. The maximum Gasteiger partial charge on any atom is 0.890 e. The van der Waals surface area contributed by atoms with Gasteiger partial charge in [0.2, 0.25) is 0 Å². The van der Waals surface area contributed by atoms with Crippen LogP contribution in [0, 0.1) is 0 Å². The first-order valence-corrected chi connectivity index (χ1v) is 2.03. The van der Waals surface area contributed by atoms with Gasteiger partial charge in [-0.05, 0) is 0 Å². The van der Waals surface area contributed by atoms with E-state index < -0.39 is 22.0 Å². The maximum atomic E-state index is 9.48. The summed E-state index contributed by atoms with van der Waals surface area (Å²) in [7, 11) is 0. The van der Waals surface area contributed by atoms with Gasteiger partial charge in [0.25, 0.3) is 0 Å². The van der Waals surface area contributed by atoms with Crippen molar-refractivity contribution in [2.45, 2.75) is 0 Å². The molecule has 33 valence electrons. The molecule has 0 unspecified atom stereocenters. The van der Waals surface area contributed by atoms with Crippen molar-refractivity contribution in [1.82, 2.24) is 0 Å². The lowest BCUT2D eigenvalue weighted by Gasteiger charge is -2.10. The molecule has 1 heterocycles. The molecule has 2 N–H and O–H groups in total. The second kappa shape index (κ2) is 2.03. The Morgan fingerprint density at radius 1 is 1.50 bits per heavy atom. The van der Waals surface area contributed by atoms with Crippen molar-refractivity contribution >= 4 is 22.0 Å². The number of hydrogen-bond acceptors (Lipinski definition) is 3. The van der Waals surface area contributed by atoms with Crippen LogP contribution in [0.1, 0.15) is 0 Å². The maximum absolute atomic E-state index is 9.48. The van der Waals surface area contributed by atoms with Crippen molar-refractivity contribution in [1.29, 1.82) is 0 Å². The van der Waals surface area contributed by atoms with Crippen LogP contribution in [0.3, 0.4) is 0 Å². The minimum Gasteiger partial charge on any atom is -0.559 e. The Morgan fingerprint density at radius 2 is 1.83 bits per heavy atom. The van der Waals surface area contributed by atoms with Crippen molar-refractivity contribution in [3.63, 3.8) is 0 Å². The molecule has 0 aliphatic carbocycles. The third kappa shape index (κ3) is 0.865. The van der Waals surface area contributed by atoms with Gasteiger partial charge in [-0.25, -0.2) is 4.79 Å². The lowest BCUT2D eigenvalue weighted by Crippen LogP contribution is -2.25. The van der Waals surface area contributed by atoms with Crippen LogP contribution in [0.4, 0.5) is 4.79 Å². The van der Waals surface area contributed by atoms with Crippen LogP contribution < -0.4 is 0 Å². The highest BCUT2D eigenvalue weighted by atomic mass is 27.2. The van der Waals surface area contributed by atoms with Crippen LogP contribution in [0.5, 0.6) is 0 Å². The summed E-state index contributed by atoms with van der Waals surface area (Å²) in [5, 5.41) is 0. The summed E-state index contributed by atoms with van der Waals surface area (Å²) in [5.41, 5.74) is 0. The minimum atomic E-state index is -0.528. The molecule has 1 aliphatic rings. The normalized spacial score (nSPS) is 14.3. The molecule has 4 nitrogen and oxygen atoms in total. The summed E-state index contributed by atoms with van der Waals surface area (Å²) >= 11 is -0.420. The van der Waals surface area contributed by atoms with E-state index in [1.807, 2.05) is 0 Å². The van der Waals surface area contributed by atoms with Crippen molar-refractivity contribution in [3.8, 4) is 0 Å². The van der Waals surface area contributed by atoms with Gasteiger partial charge in [-0.3, -0.25) is 0 Å². The van der Waals surface area contributed by atoms with Gasteiger partial charge in [0, 0.05) is 0 Å². The molecule has 0 atom stereocenters. The minimum absolute atomic E-state index is 0. The molecular formula is CH2AlO4. The number of carbonyl (C=O) groups excluding carboxylic acids is 1. The fourth-order valence-electron chi connectivity index (χ4n) is 0.0874. The lowest BCUT2D eigenvalue weighted by molar-refractivity contribution is 0.102. The number of carbonyl (C=O) groups is 1. The summed E-state index contributed by atoms with van der Waals surface area (Å²) in [4.78, 5) is 9.48. The van der Waals surface area contributed by atoms with Crippen molar-refractivity contribution in [3.05, 3.63) is 0 Å². The van der Waals surface area contributed by atoms with Crippen LogP contribution in [0.2, 0.25) is 0 Å². The molecule has 0 bridgehead atoms. The first kappa shape index (κ1) is 5.76. The summed E-state index contributed by atoms with van der Waals surface area (Å²) in [6.07, 6.45) is -0.528. The van der Waals surface area contributed by atoms with Gasteiger partial charge in [0.1, 0.15) is 0 Å². The largest absolute Gasteiger partial charge is 0.890 e.